The fourth-order valence-electron chi connectivity index (χ4n) is 2.18. The first-order valence-electron chi connectivity index (χ1n) is 5.26. The van der Waals surface area contributed by atoms with Crippen LogP contribution in [0.1, 0.15) is 12.5 Å². The van der Waals surface area contributed by atoms with Gasteiger partial charge in [-0.05, 0) is 42.5 Å². The van der Waals surface area contributed by atoms with Gasteiger partial charge in [0, 0.05) is 0 Å². The molecule has 0 fully saturated rings. The molecule has 0 unspecified atom stereocenters. The summed E-state index contributed by atoms with van der Waals surface area (Å²) in [4.78, 5) is 2.25. The average molecular weight is 193 g/mol. The predicted octanol–water partition coefficient (Wildman–Crippen LogP) is 2.18. The molecule has 2 heterocycles. The van der Waals surface area contributed by atoms with Gasteiger partial charge in [0.1, 0.15) is 0 Å². The van der Waals surface area contributed by atoms with Gasteiger partial charge in [0.25, 0.3) is 0 Å². The van der Waals surface area contributed by atoms with Crippen molar-refractivity contribution in [3.05, 3.63) is 59.9 Å². The highest BCUT2D eigenvalue weighted by Gasteiger charge is 2.26. The molecule has 2 aliphatic heterocycles. The van der Waals surface area contributed by atoms with Crippen LogP contribution in [0.5, 0.6) is 0 Å². The molecule has 0 saturated carbocycles. The third-order valence-electron chi connectivity index (χ3n) is 2.99. The van der Waals surface area contributed by atoms with E-state index >= 15 is 0 Å². The Morgan fingerprint density at radius 1 is 1.07 bits per heavy atom. The molecule has 0 atom stereocenters. The molecule has 1 aromatic carbocycles. The standard InChI is InChI=1S/C13H12BN/c1-11-6-8-15-9-7-12-4-2-3-5-13(12)14(15)10-11/h2-10H,1H3. The summed E-state index contributed by atoms with van der Waals surface area (Å²) in [6.45, 7) is 2.53. The van der Waals surface area contributed by atoms with Gasteiger partial charge < -0.3 is 4.81 Å². The van der Waals surface area contributed by atoms with Crippen LogP contribution < -0.4 is 5.46 Å². The minimum Gasteiger partial charge on any atom is -0.389 e. The zero-order chi connectivity index (χ0) is 10.3. The first kappa shape index (κ1) is 8.60. The van der Waals surface area contributed by atoms with E-state index in [4.69, 9.17) is 0 Å². The summed E-state index contributed by atoms with van der Waals surface area (Å²) >= 11 is 0. The molecule has 2 heteroatoms. The lowest BCUT2D eigenvalue weighted by molar-refractivity contribution is 0.794. The van der Waals surface area contributed by atoms with Crippen molar-refractivity contribution < 1.29 is 0 Å². The summed E-state index contributed by atoms with van der Waals surface area (Å²) in [7, 11) is 0. The Labute approximate surface area is 90.5 Å². The number of nitrogens with zero attached hydrogens (tertiary/aromatic N) is 1. The van der Waals surface area contributed by atoms with Gasteiger partial charge in [-0.25, -0.2) is 0 Å². The number of rotatable bonds is 0. The highest BCUT2D eigenvalue weighted by Crippen LogP contribution is 2.17. The Morgan fingerprint density at radius 3 is 2.80 bits per heavy atom. The minimum atomic E-state index is 0.385. The van der Waals surface area contributed by atoms with E-state index in [1.54, 1.807) is 0 Å². The van der Waals surface area contributed by atoms with Crippen LogP contribution in [-0.2, 0) is 0 Å². The third-order valence-corrected chi connectivity index (χ3v) is 2.99. The largest absolute Gasteiger partial charge is 0.389 e. The lowest BCUT2D eigenvalue weighted by Gasteiger charge is -2.30. The van der Waals surface area contributed by atoms with Crippen LogP contribution in [0.15, 0.2) is 54.3 Å². The van der Waals surface area contributed by atoms with Crippen molar-refractivity contribution >= 4 is 18.4 Å². The van der Waals surface area contributed by atoms with Gasteiger partial charge in [-0.15, -0.1) is 0 Å². The molecule has 1 aromatic rings. The third kappa shape index (κ3) is 1.33. The number of hydrogen-bond donors (Lipinski definition) is 0. The van der Waals surface area contributed by atoms with E-state index < -0.39 is 0 Å². The van der Waals surface area contributed by atoms with Crippen molar-refractivity contribution in [2.24, 2.45) is 0 Å². The SMILES string of the molecule is CC1=CB2c3ccccc3C=CN2C=C1. The second-order valence-electron chi connectivity index (χ2n) is 4.06. The molecular weight excluding hydrogens is 181 g/mol. The monoisotopic (exact) mass is 193 g/mol. The van der Waals surface area contributed by atoms with E-state index in [0.717, 1.165) is 0 Å². The zero-order valence-electron chi connectivity index (χ0n) is 8.72. The summed E-state index contributed by atoms with van der Waals surface area (Å²) in [6, 6.07) is 8.58. The molecule has 0 bridgehead atoms. The van der Waals surface area contributed by atoms with Crippen molar-refractivity contribution in [1.29, 1.82) is 0 Å². The van der Waals surface area contributed by atoms with Gasteiger partial charge >= 0.3 is 6.85 Å². The maximum absolute atomic E-state index is 2.31. The number of hydrogen-bond acceptors (Lipinski definition) is 1. The van der Waals surface area contributed by atoms with Crippen LogP contribution in [0.4, 0.5) is 0 Å². The zero-order valence-corrected chi connectivity index (χ0v) is 8.72. The Morgan fingerprint density at radius 2 is 1.87 bits per heavy atom. The van der Waals surface area contributed by atoms with Gasteiger partial charge in [-0.3, -0.25) is 0 Å². The fraction of sp³-hybridized carbons (Fsp3) is 0.0769. The molecule has 15 heavy (non-hydrogen) atoms. The number of benzene rings is 1. The molecule has 0 radical (unpaired) electrons. The van der Waals surface area contributed by atoms with Crippen molar-refractivity contribution in [3.8, 4) is 0 Å². The first-order valence-corrected chi connectivity index (χ1v) is 5.26. The Bertz CT molecular complexity index is 485. The average Bonchev–Trinajstić information content (AvgIpc) is 2.29. The second kappa shape index (κ2) is 3.16. The van der Waals surface area contributed by atoms with Crippen LogP contribution in [-0.4, -0.2) is 11.7 Å². The molecule has 2 aliphatic rings. The van der Waals surface area contributed by atoms with Crippen molar-refractivity contribution in [2.75, 3.05) is 0 Å². The van der Waals surface area contributed by atoms with Crippen LogP contribution in [0.2, 0.25) is 0 Å². The Balaban J connectivity index is 2.14. The summed E-state index contributed by atoms with van der Waals surface area (Å²) in [5.74, 6) is 2.31. The molecule has 72 valence electrons. The fourth-order valence-corrected chi connectivity index (χ4v) is 2.18. The van der Waals surface area contributed by atoms with E-state index in [-0.39, 0.29) is 0 Å². The molecule has 1 nitrogen and oxygen atoms in total. The quantitative estimate of drug-likeness (QED) is 0.571. The maximum Gasteiger partial charge on any atom is 0.320 e. The second-order valence-corrected chi connectivity index (χ2v) is 4.06. The normalized spacial score (nSPS) is 17.3. The predicted molar refractivity (Wildman–Crippen MR) is 65.6 cm³/mol. The van der Waals surface area contributed by atoms with E-state index in [1.807, 2.05) is 0 Å². The highest BCUT2D eigenvalue weighted by molar-refractivity contribution is 6.77. The molecule has 0 N–H and O–H groups in total. The van der Waals surface area contributed by atoms with E-state index in [1.165, 1.54) is 16.6 Å². The molecule has 0 saturated heterocycles. The maximum atomic E-state index is 2.31. The highest BCUT2D eigenvalue weighted by atomic mass is 15.0. The molecule has 0 amide bonds. The smallest absolute Gasteiger partial charge is 0.320 e. The van der Waals surface area contributed by atoms with Crippen LogP contribution >= 0.6 is 0 Å². The molecule has 0 spiro atoms. The lowest BCUT2D eigenvalue weighted by atomic mass is 9.50. The summed E-state index contributed by atoms with van der Waals surface area (Å²) in [6.07, 6.45) is 8.61. The molecular formula is C13H12BN. The Hall–Kier alpha value is -1.70. The van der Waals surface area contributed by atoms with E-state index in [9.17, 15) is 0 Å². The van der Waals surface area contributed by atoms with Gasteiger partial charge in [-0.2, -0.15) is 0 Å². The Kier molecular flexibility index (Phi) is 1.81. The van der Waals surface area contributed by atoms with Gasteiger partial charge in [-0.1, -0.05) is 35.8 Å². The molecule has 0 aromatic heterocycles. The summed E-state index contributed by atoms with van der Waals surface area (Å²) < 4.78 is 0. The van der Waals surface area contributed by atoms with E-state index in [0.29, 0.717) is 6.85 Å². The van der Waals surface area contributed by atoms with Crippen LogP contribution in [0, 0.1) is 0 Å². The van der Waals surface area contributed by atoms with Crippen molar-refractivity contribution in [3.63, 3.8) is 0 Å². The number of fused-ring (bicyclic) bond motifs is 3. The van der Waals surface area contributed by atoms with Crippen molar-refractivity contribution in [2.45, 2.75) is 6.92 Å². The van der Waals surface area contributed by atoms with Crippen molar-refractivity contribution in [1.82, 2.24) is 4.81 Å². The first-order chi connectivity index (χ1) is 7.34. The van der Waals surface area contributed by atoms with Crippen LogP contribution in [0.3, 0.4) is 0 Å². The summed E-state index contributed by atoms with van der Waals surface area (Å²) in [5.41, 5.74) is 4.06. The van der Waals surface area contributed by atoms with Gasteiger partial charge in [0.05, 0.1) is 0 Å². The van der Waals surface area contributed by atoms with Crippen LogP contribution in [0.25, 0.3) is 6.08 Å². The minimum absolute atomic E-state index is 0.385. The molecule has 0 aliphatic carbocycles. The van der Waals surface area contributed by atoms with Gasteiger partial charge in [0.15, 0.2) is 0 Å². The van der Waals surface area contributed by atoms with E-state index in [2.05, 4.69) is 66.5 Å². The summed E-state index contributed by atoms with van der Waals surface area (Å²) in [5, 5.41) is 0. The molecule has 3 rings (SSSR count). The van der Waals surface area contributed by atoms with Gasteiger partial charge in [0.2, 0.25) is 0 Å². The topological polar surface area (TPSA) is 3.24 Å². The number of allylic oxidation sites excluding steroid dienone is 2. The lowest BCUT2D eigenvalue weighted by Crippen LogP contribution is -2.46.